The van der Waals surface area contributed by atoms with Crippen LogP contribution < -0.4 is 5.32 Å². The molecule has 1 aromatic heterocycles. The van der Waals surface area contributed by atoms with Gasteiger partial charge in [-0.3, -0.25) is 9.59 Å². The van der Waals surface area contributed by atoms with Crippen LogP contribution in [0.4, 0.5) is 5.00 Å². The number of thiophene rings is 1. The molecule has 0 fully saturated rings. The summed E-state index contributed by atoms with van der Waals surface area (Å²) in [4.78, 5) is 42.7. The lowest BCUT2D eigenvalue weighted by Gasteiger charge is -2.10. The van der Waals surface area contributed by atoms with Crippen LogP contribution in [0.25, 0.3) is 0 Å². The number of rotatable bonds is 6. The van der Waals surface area contributed by atoms with Gasteiger partial charge in [-0.15, -0.1) is 11.3 Å². The molecule has 3 rings (SSSR count). The molecule has 2 aromatic rings. The predicted molar refractivity (Wildman–Crippen MR) is 114 cm³/mol. The van der Waals surface area contributed by atoms with Crippen LogP contribution in [0.3, 0.4) is 0 Å². The molecule has 1 amide bonds. The largest absolute Gasteiger partial charge is 0.462 e. The van der Waals surface area contributed by atoms with Crippen molar-refractivity contribution >= 4 is 55.6 Å². The first-order valence-corrected chi connectivity index (χ1v) is 10.5. The van der Waals surface area contributed by atoms with Gasteiger partial charge in [0, 0.05) is 16.5 Å². The number of carbonyl (C=O) groups excluding carboxylic acids is 3. The molecule has 0 saturated heterocycles. The quantitative estimate of drug-likeness (QED) is 0.492. The number of oxime groups is 1. The molecule has 1 aliphatic heterocycles. The standard InChI is InChI=1S/C20H19BrN2O5S/c1-4-27-20(26)16-10(2)17(11(3)24)29-19(16)22-18(25)15-9-14(23-28-15)12-6-5-7-13(21)8-12/h5-8,15H,4,9H2,1-3H3,(H,22,25). The summed E-state index contributed by atoms with van der Waals surface area (Å²) in [6.07, 6.45) is -0.539. The zero-order chi connectivity index (χ0) is 21.1. The van der Waals surface area contributed by atoms with Crippen LogP contribution in [0.2, 0.25) is 0 Å². The number of nitrogens with zero attached hydrogens (tertiary/aromatic N) is 1. The Bertz CT molecular complexity index is 1010. The van der Waals surface area contributed by atoms with E-state index in [9.17, 15) is 14.4 Å². The third-order valence-electron chi connectivity index (χ3n) is 4.30. The summed E-state index contributed by atoms with van der Waals surface area (Å²) in [7, 11) is 0. The van der Waals surface area contributed by atoms with Gasteiger partial charge in [0.15, 0.2) is 5.78 Å². The zero-order valence-electron chi connectivity index (χ0n) is 16.1. The molecule has 0 saturated carbocycles. The van der Waals surface area contributed by atoms with E-state index >= 15 is 0 Å². The van der Waals surface area contributed by atoms with Gasteiger partial charge in [-0.05, 0) is 38.5 Å². The third kappa shape index (κ3) is 4.56. The molecule has 0 spiro atoms. The lowest BCUT2D eigenvalue weighted by atomic mass is 10.0. The van der Waals surface area contributed by atoms with Gasteiger partial charge >= 0.3 is 5.97 Å². The van der Waals surface area contributed by atoms with E-state index in [1.165, 1.54) is 6.92 Å². The summed E-state index contributed by atoms with van der Waals surface area (Å²) in [5.74, 6) is -1.21. The number of halogens is 1. The number of hydrogen-bond donors (Lipinski definition) is 1. The molecule has 29 heavy (non-hydrogen) atoms. The van der Waals surface area contributed by atoms with Gasteiger partial charge in [0.1, 0.15) is 5.00 Å². The number of ketones is 1. The fourth-order valence-corrected chi connectivity index (χ4v) is 4.43. The van der Waals surface area contributed by atoms with E-state index in [-0.39, 0.29) is 23.0 Å². The van der Waals surface area contributed by atoms with Crippen molar-refractivity contribution in [2.24, 2.45) is 5.16 Å². The Hall–Kier alpha value is -2.52. The van der Waals surface area contributed by atoms with Gasteiger partial charge in [-0.2, -0.15) is 0 Å². The number of esters is 1. The molecule has 152 valence electrons. The van der Waals surface area contributed by atoms with Crippen LogP contribution in [0.5, 0.6) is 0 Å². The molecule has 7 nitrogen and oxygen atoms in total. The van der Waals surface area contributed by atoms with E-state index in [2.05, 4.69) is 26.4 Å². The highest BCUT2D eigenvalue weighted by molar-refractivity contribution is 9.10. The van der Waals surface area contributed by atoms with Crippen molar-refractivity contribution in [3.8, 4) is 0 Å². The molecular formula is C20H19BrN2O5S. The molecule has 1 atom stereocenters. The maximum absolute atomic E-state index is 12.7. The average molecular weight is 479 g/mol. The molecule has 9 heteroatoms. The Morgan fingerprint density at radius 2 is 2.14 bits per heavy atom. The number of benzene rings is 1. The van der Waals surface area contributed by atoms with Crippen LogP contribution in [-0.4, -0.2) is 36.1 Å². The first-order chi connectivity index (χ1) is 13.8. The Morgan fingerprint density at radius 3 is 2.79 bits per heavy atom. The maximum Gasteiger partial charge on any atom is 0.341 e. The number of nitrogens with one attached hydrogen (secondary N) is 1. The Morgan fingerprint density at radius 1 is 1.38 bits per heavy atom. The van der Waals surface area contributed by atoms with Crippen molar-refractivity contribution in [2.45, 2.75) is 33.3 Å². The monoisotopic (exact) mass is 478 g/mol. The molecule has 0 aliphatic carbocycles. The summed E-state index contributed by atoms with van der Waals surface area (Å²) in [6, 6.07) is 7.54. The van der Waals surface area contributed by atoms with Crippen molar-refractivity contribution in [1.29, 1.82) is 0 Å². The summed E-state index contributed by atoms with van der Waals surface area (Å²) in [5, 5.41) is 7.01. The Labute approximate surface area is 180 Å². The van der Waals surface area contributed by atoms with Crippen molar-refractivity contribution in [2.75, 3.05) is 11.9 Å². The van der Waals surface area contributed by atoms with Crippen molar-refractivity contribution in [3.63, 3.8) is 0 Å². The molecule has 0 bridgehead atoms. The number of hydrogen-bond acceptors (Lipinski definition) is 7. The van der Waals surface area contributed by atoms with Crippen LogP contribution >= 0.6 is 27.3 Å². The topological polar surface area (TPSA) is 94.1 Å². The summed E-state index contributed by atoms with van der Waals surface area (Å²) < 4.78 is 5.98. The Kier molecular flexibility index (Phi) is 6.49. The second-order valence-corrected chi connectivity index (χ2v) is 8.31. The molecular weight excluding hydrogens is 460 g/mol. The number of Topliss-reactive ketones (excluding diaryl/α,β-unsaturated/α-hetero) is 1. The molecule has 1 unspecified atom stereocenters. The minimum absolute atomic E-state index is 0.184. The normalized spacial score (nSPS) is 15.4. The van der Waals surface area contributed by atoms with Gasteiger partial charge in [-0.1, -0.05) is 33.2 Å². The minimum Gasteiger partial charge on any atom is -0.462 e. The third-order valence-corrected chi connectivity index (χ3v) is 6.10. The SMILES string of the molecule is CCOC(=O)c1c(NC(=O)C2CC(c3cccc(Br)c3)=NO2)sc(C(C)=O)c1C. The van der Waals surface area contributed by atoms with Crippen LogP contribution in [-0.2, 0) is 14.4 Å². The summed E-state index contributed by atoms with van der Waals surface area (Å²) in [6.45, 7) is 4.96. The van der Waals surface area contributed by atoms with Crippen LogP contribution in [0.15, 0.2) is 33.9 Å². The van der Waals surface area contributed by atoms with Gasteiger partial charge in [0.05, 0.1) is 22.8 Å². The van der Waals surface area contributed by atoms with Gasteiger partial charge in [0.2, 0.25) is 6.10 Å². The first-order valence-electron chi connectivity index (χ1n) is 8.92. The first kappa shape index (κ1) is 21.2. The van der Waals surface area contributed by atoms with Crippen LogP contribution in [0, 0.1) is 6.92 Å². The number of ether oxygens (including phenoxy) is 1. The van der Waals surface area contributed by atoms with Gasteiger partial charge < -0.3 is 14.9 Å². The molecule has 2 heterocycles. The highest BCUT2D eigenvalue weighted by Gasteiger charge is 2.32. The Balaban J connectivity index is 1.78. The fraction of sp³-hybridized carbons (Fsp3) is 0.300. The summed E-state index contributed by atoms with van der Waals surface area (Å²) >= 11 is 4.46. The molecule has 1 aromatic carbocycles. The lowest BCUT2D eigenvalue weighted by molar-refractivity contribution is -0.125. The van der Waals surface area contributed by atoms with Crippen LogP contribution in [0.1, 0.15) is 51.4 Å². The minimum atomic E-state index is -0.831. The van der Waals surface area contributed by atoms with E-state index in [0.717, 1.165) is 21.4 Å². The number of amides is 1. The number of anilines is 1. The van der Waals surface area contributed by atoms with E-state index in [1.54, 1.807) is 13.8 Å². The maximum atomic E-state index is 12.7. The molecule has 1 aliphatic rings. The zero-order valence-corrected chi connectivity index (χ0v) is 18.5. The highest BCUT2D eigenvalue weighted by atomic mass is 79.9. The summed E-state index contributed by atoms with van der Waals surface area (Å²) in [5.41, 5.74) is 2.20. The molecule has 0 radical (unpaired) electrons. The second-order valence-electron chi connectivity index (χ2n) is 6.37. The second kappa shape index (κ2) is 8.87. The van der Waals surface area contributed by atoms with Crippen molar-refractivity contribution in [3.05, 3.63) is 50.3 Å². The van der Waals surface area contributed by atoms with Crippen molar-refractivity contribution < 1.29 is 24.0 Å². The smallest absolute Gasteiger partial charge is 0.341 e. The average Bonchev–Trinajstić information content (AvgIpc) is 3.27. The van der Waals surface area contributed by atoms with Gasteiger partial charge in [0.25, 0.3) is 5.91 Å². The highest BCUT2D eigenvalue weighted by Crippen LogP contribution is 2.34. The van der Waals surface area contributed by atoms with Crippen molar-refractivity contribution in [1.82, 2.24) is 0 Å². The van der Waals surface area contributed by atoms with E-state index in [1.807, 2.05) is 24.3 Å². The van der Waals surface area contributed by atoms with E-state index in [0.29, 0.717) is 22.6 Å². The fourth-order valence-electron chi connectivity index (χ4n) is 2.94. The van der Waals surface area contributed by atoms with Gasteiger partial charge in [-0.25, -0.2) is 4.79 Å². The van der Waals surface area contributed by atoms with E-state index < -0.39 is 18.0 Å². The molecule has 1 N–H and O–H groups in total. The predicted octanol–water partition coefficient (Wildman–Crippen LogP) is 4.33. The van der Waals surface area contributed by atoms with E-state index in [4.69, 9.17) is 9.57 Å². The number of carbonyl (C=O) groups is 3. The lowest BCUT2D eigenvalue weighted by Crippen LogP contribution is -2.28.